The van der Waals surface area contributed by atoms with Gasteiger partial charge < -0.3 is 19.5 Å². The van der Waals surface area contributed by atoms with Gasteiger partial charge in [0.2, 0.25) is 0 Å². The molecule has 0 aliphatic rings. The van der Waals surface area contributed by atoms with Crippen molar-refractivity contribution < 1.29 is 19.4 Å². The molecule has 88 valence electrons. The Bertz CT molecular complexity index is 265. The molecule has 0 aromatic heterocycles. The summed E-state index contributed by atoms with van der Waals surface area (Å²) in [5.74, 6) is -1.32. The minimum absolute atomic E-state index is 0.645. The molecule has 0 unspecified atom stereocenters. The van der Waals surface area contributed by atoms with E-state index < -0.39 is 23.2 Å². The highest BCUT2D eigenvalue weighted by Crippen LogP contribution is 2.16. The molecular weight excluding hydrogens is 198 g/mol. The summed E-state index contributed by atoms with van der Waals surface area (Å²) in [5, 5.41) is 10.8. The van der Waals surface area contributed by atoms with Gasteiger partial charge in [0.1, 0.15) is 5.60 Å². The molecule has 5 nitrogen and oxygen atoms in total. The minimum atomic E-state index is -1.39. The van der Waals surface area contributed by atoms with Crippen LogP contribution in [0, 0.1) is 0 Å². The maximum absolute atomic E-state index is 11.5. The van der Waals surface area contributed by atoms with E-state index in [1.54, 1.807) is 20.8 Å². The van der Waals surface area contributed by atoms with Gasteiger partial charge in [0.05, 0.1) is 11.5 Å². The fraction of sp³-hybridized carbons (Fsp3) is 0.800. The van der Waals surface area contributed by atoms with Crippen molar-refractivity contribution in [3.8, 4) is 0 Å². The van der Waals surface area contributed by atoms with Crippen LogP contribution in [-0.4, -0.2) is 35.2 Å². The van der Waals surface area contributed by atoms with Crippen LogP contribution in [0.3, 0.4) is 0 Å². The van der Waals surface area contributed by atoms with Crippen LogP contribution in [0.15, 0.2) is 0 Å². The van der Waals surface area contributed by atoms with Crippen LogP contribution >= 0.6 is 0 Å². The Kier molecular flexibility index (Phi) is 3.74. The lowest BCUT2D eigenvalue weighted by molar-refractivity contribution is -0.316. The zero-order chi connectivity index (χ0) is 12.4. The zero-order valence-electron chi connectivity index (χ0n) is 10.1. The number of amides is 1. The Morgan fingerprint density at radius 2 is 1.53 bits per heavy atom. The average Bonchev–Trinajstić information content (AvgIpc) is 1.99. The van der Waals surface area contributed by atoms with E-state index in [2.05, 4.69) is 0 Å². The van der Waals surface area contributed by atoms with E-state index in [-0.39, 0.29) is 0 Å². The van der Waals surface area contributed by atoms with E-state index in [9.17, 15) is 14.7 Å². The number of carboxylic acids is 1. The Morgan fingerprint density at radius 3 is 1.80 bits per heavy atom. The number of carbonyl (C=O) groups excluding carboxylic acids is 2. The summed E-state index contributed by atoms with van der Waals surface area (Å²) in [5.41, 5.74) is -2.03. The van der Waals surface area contributed by atoms with E-state index in [1.807, 2.05) is 0 Å². The van der Waals surface area contributed by atoms with Crippen LogP contribution < -0.4 is 5.11 Å². The molecule has 0 aromatic rings. The monoisotopic (exact) mass is 216 g/mol. The molecule has 15 heavy (non-hydrogen) atoms. The van der Waals surface area contributed by atoms with Crippen molar-refractivity contribution in [2.24, 2.45) is 0 Å². The number of hydrogen-bond acceptors (Lipinski definition) is 4. The molecule has 5 heteroatoms. The van der Waals surface area contributed by atoms with Gasteiger partial charge in [-0.25, -0.2) is 4.79 Å². The molecule has 0 aromatic carbocycles. The van der Waals surface area contributed by atoms with Gasteiger partial charge in [0.25, 0.3) is 0 Å². The average molecular weight is 216 g/mol. The lowest BCUT2D eigenvalue weighted by Crippen LogP contribution is -2.57. The summed E-state index contributed by atoms with van der Waals surface area (Å²) in [7, 11) is 1.36. The van der Waals surface area contributed by atoms with Crippen LogP contribution in [-0.2, 0) is 9.53 Å². The molecular formula is C10H18NO4-. The van der Waals surface area contributed by atoms with Crippen LogP contribution in [0.5, 0.6) is 0 Å². The van der Waals surface area contributed by atoms with Gasteiger partial charge >= 0.3 is 6.09 Å². The molecule has 0 bridgehead atoms. The van der Waals surface area contributed by atoms with Gasteiger partial charge in [-0.05, 0) is 34.6 Å². The highest BCUT2D eigenvalue weighted by atomic mass is 16.6. The fourth-order valence-corrected chi connectivity index (χ4v) is 0.696. The van der Waals surface area contributed by atoms with Gasteiger partial charge in [-0.2, -0.15) is 0 Å². The quantitative estimate of drug-likeness (QED) is 0.669. The highest BCUT2D eigenvalue weighted by Gasteiger charge is 2.32. The normalized spacial score (nSPS) is 12.1. The van der Waals surface area contributed by atoms with Crippen LogP contribution in [0.1, 0.15) is 34.6 Å². The molecule has 0 radical (unpaired) electrons. The minimum Gasteiger partial charge on any atom is -0.548 e. The molecule has 0 fully saturated rings. The molecule has 0 saturated heterocycles. The standard InChI is InChI=1S/C10H19NO4/c1-9(2,3)15-8(14)11(6)10(4,5)7(12)13/h1-6H3,(H,12,13)/p-1. The number of likely N-dealkylation sites (N-methyl/N-ethyl adjacent to an activating group) is 1. The van der Waals surface area contributed by atoms with Crippen LogP contribution in [0.4, 0.5) is 4.79 Å². The molecule has 0 N–H and O–H groups in total. The molecule has 1 amide bonds. The number of carbonyl (C=O) groups is 2. The van der Waals surface area contributed by atoms with E-state index in [1.165, 1.54) is 20.9 Å². The number of hydrogen-bond donors (Lipinski definition) is 0. The summed E-state index contributed by atoms with van der Waals surface area (Å²) in [6, 6.07) is 0. The Balaban J connectivity index is 4.66. The van der Waals surface area contributed by atoms with E-state index in [4.69, 9.17) is 4.74 Å². The first-order valence-corrected chi connectivity index (χ1v) is 4.67. The topological polar surface area (TPSA) is 69.7 Å². The SMILES string of the molecule is CN(C(=O)OC(C)(C)C)C(C)(C)C(=O)[O-]. The Labute approximate surface area is 90.0 Å². The van der Waals surface area contributed by atoms with Gasteiger partial charge in [-0.3, -0.25) is 0 Å². The smallest absolute Gasteiger partial charge is 0.410 e. The maximum Gasteiger partial charge on any atom is 0.410 e. The number of ether oxygens (including phenoxy) is 1. The molecule has 0 heterocycles. The van der Waals surface area contributed by atoms with Crippen molar-refractivity contribution in [2.45, 2.75) is 45.8 Å². The van der Waals surface area contributed by atoms with E-state index in [0.29, 0.717) is 0 Å². The second kappa shape index (κ2) is 4.08. The van der Waals surface area contributed by atoms with Crippen molar-refractivity contribution in [1.82, 2.24) is 4.90 Å². The third-order valence-corrected chi connectivity index (χ3v) is 2.01. The number of nitrogens with zero attached hydrogens (tertiary/aromatic N) is 1. The molecule has 0 aliphatic carbocycles. The van der Waals surface area contributed by atoms with Gasteiger partial charge in [0, 0.05) is 7.05 Å². The van der Waals surface area contributed by atoms with Crippen molar-refractivity contribution in [3.63, 3.8) is 0 Å². The van der Waals surface area contributed by atoms with Crippen molar-refractivity contribution in [3.05, 3.63) is 0 Å². The first-order chi connectivity index (χ1) is 6.48. The highest BCUT2D eigenvalue weighted by molar-refractivity contribution is 5.82. The van der Waals surface area contributed by atoms with Gasteiger partial charge in [-0.15, -0.1) is 0 Å². The largest absolute Gasteiger partial charge is 0.548 e. The maximum atomic E-state index is 11.5. The predicted octanol–water partition coefficient (Wildman–Crippen LogP) is 0.382. The van der Waals surface area contributed by atoms with Crippen LogP contribution in [0.2, 0.25) is 0 Å². The zero-order valence-corrected chi connectivity index (χ0v) is 10.1. The first-order valence-electron chi connectivity index (χ1n) is 4.67. The van der Waals surface area contributed by atoms with Gasteiger partial charge in [-0.1, -0.05) is 0 Å². The second-order valence-corrected chi connectivity index (χ2v) is 4.89. The summed E-state index contributed by atoms with van der Waals surface area (Å²) in [6.07, 6.45) is -0.684. The second-order valence-electron chi connectivity index (χ2n) is 4.89. The van der Waals surface area contributed by atoms with Crippen molar-refractivity contribution in [2.75, 3.05) is 7.05 Å². The summed E-state index contributed by atoms with van der Waals surface area (Å²) < 4.78 is 5.03. The summed E-state index contributed by atoms with van der Waals surface area (Å²) >= 11 is 0. The fourth-order valence-electron chi connectivity index (χ4n) is 0.696. The van der Waals surface area contributed by atoms with Crippen molar-refractivity contribution in [1.29, 1.82) is 0 Å². The Morgan fingerprint density at radius 1 is 1.13 bits per heavy atom. The lowest BCUT2D eigenvalue weighted by atomic mass is 10.1. The summed E-state index contributed by atoms with van der Waals surface area (Å²) in [6.45, 7) is 7.90. The van der Waals surface area contributed by atoms with Crippen LogP contribution in [0.25, 0.3) is 0 Å². The third-order valence-electron chi connectivity index (χ3n) is 2.01. The molecule has 0 atom stereocenters. The Hall–Kier alpha value is -1.26. The first kappa shape index (κ1) is 13.7. The van der Waals surface area contributed by atoms with Gasteiger partial charge in [0.15, 0.2) is 0 Å². The molecule has 0 spiro atoms. The molecule has 0 saturated carbocycles. The van der Waals surface area contributed by atoms with Crippen molar-refractivity contribution >= 4 is 12.1 Å². The number of rotatable bonds is 2. The number of carboxylic acid groups (broad SMARTS) is 1. The van der Waals surface area contributed by atoms with E-state index >= 15 is 0 Å². The van der Waals surface area contributed by atoms with E-state index in [0.717, 1.165) is 4.90 Å². The molecule has 0 aliphatic heterocycles. The summed E-state index contributed by atoms with van der Waals surface area (Å²) in [4.78, 5) is 23.3. The number of aliphatic carboxylic acids is 1. The molecule has 0 rings (SSSR count). The predicted molar refractivity (Wildman–Crippen MR) is 53.1 cm³/mol. The third kappa shape index (κ3) is 3.77. The lowest BCUT2D eigenvalue weighted by Gasteiger charge is -2.37.